The standard InChI is InChI=1S/C15H22N2O2/c1-12(18)15(19)16-14-6-4-13(5-7-14)8-11-17-9-2-3-10-17/h4-7,12,18H,2-3,8-11H2,1H3,(H,16,19). The van der Waals surface area contributed by atoms with Crippen molar-refractivity contribution in [2.75, 3.05) is 25.0 Å². The molecule has 19 heavy (non-hydrogen) atoms. The highest BCUT2D eigenvalue weighted by atomic mass is 16.3. The normalized spacial score (nSPS) is 17.4. The van der Waals surface area contributed by atoms with Gasteiger partial charge in [-0.05, 0) is 57.0 Å². The molecule has 2 rings (SSSR count). The zero-order valence-electron chi connectivity index (χ0n) is 11.4. The van der Waals surface area contributed by atoms with Gasteiger partial charge in [-0.3, -0.25) is 4.79 Å². The number of rotatable bonds is 5. The molecule has 4 heteroatoms. The first-order valence-electron chi connectivity index (χ1n) is 6.95. The molecule has 104 valence electrons. The van der Waals surface area contributed by atoms with Crippen LogP contribution < -0.4 is 5.32 Å². The van der Waals surface area contributed by atoms with Gasteiger partial charge in [0.05, 0.1) is 0 Å². The predicted molar refractivity (Wildman–Crippen MR) is 76.1 cm³/mol. The van der Waals surface area contributed by atoms with Gasteiger partial charge in [-0.25, -0.2) is 0 Å². The van der Waals surface area contributed by atoms with Gasteiger partial charge < -0.3 is 15.3 Å². The minimum atomic E-state index is -0.977. The minimum Gasteiger partial charge on any atom is -0.384 e. The van der Waals surface area contributed by atoms with Crippen LogP contribution in [-0.2, 0) is 11.2 Å². The molecule has 1 aromatic rings. The highest BCUT2D eigenvalue weighted by Crippen LogP contribution is 2.12. The number of carbonyl (C=O) groups is 1. The van der Waals surface area contributed by atoms with E-state index in [2.05, 4.69) is 10.2 Å². The van der Waals surface area contributed by atoms with Gasteiger partial charge in [0, 0.05) is 12.2 Å². The molecule has 1 saturated heterocycles. The van der Waals surface area contributed by atoms with Gasteiger partial charge in [0.15, 0.2) is 0 Å². The van der Waals surface area contributed by atoms with E-state index in [1.165, 1.54) is 38.4 Å². The molecule has 1 atom stereocenters. The summed E-state index contributed by atoms with van der Waals surface area (Å²) in [6.07, 6.45) is 2.72. The topological polar surface area (TPSA) is 52.6 Å². The Labute approximate surface area is 114 Å². The van der Waals surface area contributed by atoms with Crippen LogP contribution in [0.2, 0.25) is 0 Å². The Balaban J connectivity index is 1.82. The fourth-order valence-electron chi connectivity index (χ4n) is 2.29. The number of anilines is 1. The Morgan fingerprint density at radius 3 is 2.53 bits per heavy atom. The van der Waals surface area contributed by atoms with Crippen molar-refractivity contribution in [2.45, 2.75) is 32.3 Å². The quantitative estimate of drug-likeness (QED) is 0.848. The van der Waals surface area contributed by atoms with Crippen LogP contribution in [0.15, 0.2) is 24.3 Å². The van der Waals surface area contributed by atoms with Gasteiger partial charge in [0.2, 0.25) is 0 Å². The second kappa shape index (κ2) is 6.68. The summed E-state index contributed by atoms with van der Waals surface area (Å²) in [6, 6.07) is 7.85. The molecule has 2 N–H and O–H groups in total. The molecule has 1 aliphatic heterocycles. The van der Waals surface area contributed by atoms with Gasteiger partial charge in [0.25, 0.3) is 5.91 Å². The molecule has 0 bridgehead atoms. The van der Waals surface area contributed by atoms with Crippen molar-refractivity contribution < 1.29 is 9.90 Å². The van der Waals surface area contributed by atoms with E-state index in [-0.39, 0.29) is 5.91 Å². The highest BCUT2D eigenvalue weighted by molar-refractivity contribution is 5.93. The largest absolute Gasteiger partial charge is 0.384 e. The van der Waals surface area contributed by atoms with Gasteiger partial charge in [0.1, 0.15) is 6.10 Å². The Morgan fingerprint density at radius 1 is 1.32 bits per heavy atom. The summed E-state index contributed by atoms with van der Waals surface area (Å²) in [4.78, 5) is 13.8. The van der Waals surface area contributed by atoms with Crippen LogP contribution in [-0.4, -0.2) is 41.7 Å². The lowest BCUT2D eigenvalue weighted by atomic mass is 10.1. The number of benzene rings is 1. The number of aliphatic hydroxyl groups excluding tert-OH is 1. The lowest BCUT2D eigenvalue weighted by molar-refractivity contribution is -0.123. The zero-order chi connectivity index (χ0) is 13.7. The summed E-state index contributed by atoms with van der Waals surface area (Å²) >= 11 is 0. The van der Waals surface area contributed by atoms with E-state index in [0.29, 0.717) is 0 Å². The lowest BCUT2D eigenvalue weighted by Crippen LogP contribution is -2.24. The van der Waals surface area contributed by atoms with Gasteiger partial charge in [-0.2, -0.15) is 0 Å². The van der Waals surface area contributed by atoms with Crippen molar-refractivity contribution in [3.8, 4) is 0 Å². The maximum Gasteiger partial charge on any atom is 0.252 e. The van der Waals surface area contributed by atoms with Crippen LogP contribution in [0, 0.1) is 0 Å². The minimum absolute atomic E-state index is 0.371. The van der Waals surface area contributed by atoms with E-state index in [4.69, 9.17) is 5.11 Å². The Hall–Kier alpha value is -1.39. The number of amides is 1. The fourth-order valence-corrected chi connectivity index (χ4v) is 2.29. The molecule has 1 aromatic carbocycles. The first kappa shape index (κ1) is 14.0. The number of aliphatic hydroxyl groups is 1. The van der Waals surface area contributed by atoms with Crippen molar-refractivity contribution in [1.29, 1.82) is 0 Å². The SMILES string of the molecule is CC(O)C(=O)Nc1ccc(CCN2CCCC2)cc1. The molecule has 1 fully saturated rings. The molecule has 0 aromatic heterocycles. The smallest absolute Gasteiger partial charge is 0.252 e. The molecule has 1 amide bonds. The molecule has 1 aliphatic rings. The van der Waals surface area contributed by atoms with Gasteiger partial charge >= 0.3 is 0 Å². The highest BCUT2D eigenvalue weighted by Gasteiger charge is 2.11. The number of likely N-dealkylation sites (tertiary alicyclic amines) is 1. The van der Waals surface area contributed by atoms with Crippen molar-refractivity contribution >= 4 is 11.6 Å². The Morgan fingerprint density at radius 2 is 1.95 bits per heavy atom. The first-order chi connectivity index (χ1) is 9.15. The van der Waals surface area contributed by atoms with Crippen LogP contribution >= 0.6 is 0 Å². The van der Waals surface area contributed by atoms with E-state index < -0.39 is 6.10 Å². The van der Waals surface area contributed by atoms with Crippen molar-refractivity contribution in [2.24, 2.45) is 0 Å². The first-order valence-corrected chi connectivity index (χ1v) is 6.95. The lowest BCUT2D eigenvalue weighted by Gasteiger charge is -2.14. The van der Waals surface area contributed by atoms with Crippen molar-refractivity contribution in [1.82, 2.24) is 4.90 Å². The maximum absolute atomic E-state index is 11.3. The second-order valence-corrected chi connectivity index (χ2v) is 5.16. The molecular formula is C15H22N2O2. The molecule has 1 unspecified atom stereocenters. The Kier molecular flexibility index (Phi) is 4.93. The number of hydrogen-bond donors (Lipinski definition) is 2. The average Bonchev–Trinajstić information content (AvgIpc) is 2.91. The molecule has 4 nitrogen and oxygen atoms in total. The van der Waals surface area contributed by atoms with Crippen LogP contribution in [0.5, 0.6) is 0 Å². The summed E-state index contributed by atoms with van der Waals surface area (Å²) < 4.78 is 0. The number of hydrogen-bond acceptors (Lipinski definition) is 3. The van der Waals surface area contributed by atoms with Gasteiger partial charge in [-0.15, -0.1) is 0 Å². The number of nitrogens with zero attached hydrogens (tertiary/aromatic N) is 1. The molecular weight excluding hydrogens is 240 g/mol. The molecule has 0 saturated carbocycles. The van der Waals surface area contributed by atoms with E-state index in [9.17, 15) is 4.79 Å². The van der Waals surface area contributed by atoms with E-state index in [1.807, 2.05) is 24.3 Å². The summed E-state index contributed by atoms with van der Waals surface area (Å²) in [5.41, 5.74) is 2.01. The van der Waals surface area contributed by atoms with E-state index in [1.54, 1.807) is 0 Å². The third kappa shape index (κ3) is 4.33. The van der Waals surface area contributed by atoms with Crippen LogP contribution in [0.3, 0.4) is 0 Å². The third-order valence-electron chi connectivity index (χ3n) is 3.52. The molecule has 0 spiro atoms. The maximum atomic E-state index is 11.3. The van der Waals surface area contributed by atoms with Crippen molar-refractivity contribution in [3.05, 3.63) is 29.8 Å². The monoisotopic (exact) mass is 262 g/mol. The predicted octanol–water partition coefficient (Wildman–Crippen LogP) is 1.64. The van der Waals surface area contributed by atoms with Crippen LogP contribution in [0.4, 0.5) is 5.69 Å². The number of nitrogens with one attached hydrogen (secondary N) is 1. The van der Waals surface area contributed by atoms with E-state index in [0.717, 1.165) is 18.7 Å². The summed E-state index contributed by atoms with van der Waals surface area (Å²) in [7, 11) is 0. The number of carbonyl (C=O) groups excluding carboxylic acids is 1. The third-order valence-corrected chi connectivity index (χ3v) is 3.52. The second-order valence-electron chi connectivity index (χ2n) is 5.16. The molecule has 1 heterocycles. The zero-order valence-corrected chi connectivity index (χ0v) is 11.4. The van der Waals surface area contributed by atoms with Crippen molar-refractivity contribution in [3.63, 3.8) is 0 Å². The molecule has 0 aliphatic carbocycles. The average molecular weight is 262 g/mol. The fraction of sp³-hybridized carbons (Fsp3) is 0.533. The van der Waals surface area contributed by atoms with Crippen LogP contribution in [0.25, 0.3) is 0 Å². The van der Waals surface area contributed by atoms with Gasteiger partial charge in [-0.1, -0.05) is 12.1 Å². The van der Waals surface area contributed by atoms with Crippen LogP contribution in [0.1, 0.15) is 25.3 Å². The Bertz CT molecular complexity index is 409. The van der Waals surface area contributed by atoms with E-state index >= 15 is 0 Å². The summed E-state index contributed by atoms with van der Waals surface area (Å²) in [5.74, 6) is -0.371. The molecule has 0 radical (unpaired) electrons. The summed E-state index contributed by atoms with van der Waals surface area (Å²) in [6.45, 7) is 5.02. The summed E-state index contributed by atoms with van der Waals surface area (Å²) in [5, 5.41) is 11.8.